The summed E-state index contributed by atoms with van der Waals surface area (Å²) in [6, 6.07) is 5.72. The molecule has 140 valence electrons. The summed E-state index contributed by atoms with van der Waals surface area (Å²) in [5.41, 5.74) is 0.984. The molecule has 0 atom stereocenters. The number of carbonyl (C=O) groups is 2. The maximum atomic E-state index is 12.8. The van der Waals surface area contributed by atoms with Crippen LogP contribution >= 0.6 is 0 Å². The first-order valence-corrected chi connectivity index (χ1v) is 9.62. The molecule has 2 aromatic heterocycles. The maximum Gasteiger partial charge on any atom is 0.287 e. The molecule has 0 aliphatic heterocycles. The van der Waals surface area contributed by atoms with Gasteiger partial charge in [-0.3, -0.25) is 14.0 Å². The minimum absolute atomic E-state index is 0.191. The molecule has 0 saturated heterocycles. The molecular weight excluding hydrogens is 328 g/mol. The van der Waals surface area contributed by atoms with Crippen molar-refractivity contribution in [2.24, 2.45) is 5.92 Å². The Labute approximate surface area is 154 Å². The number of rotatable bonds is 5. The molecule has 0 bridgehead atoms. The van der Waals surface area contributed by atoms with Gasteiger partial charge in [0.1, 0.15) is 0 Å². The smallest absolute Gasteiger partial charge is 0.287 e. The van der Waals surface area contributed by atoms with E-state index >= 15 is 0 Å². The van der Waals surface area contributed by atoms with Crippen molar-refractivity contribution in [1.82, 2.24) is 20.0 Å². The van der Waals surface area contributed by atoms with Crippen LogP contribution in [0.3, 0.4) is 0 Å². The predicted molar refractivity (Wildman–Crippen MR) is 101 cm³/mol. The van der Waals surface area contributed by atoms with E-state index in [2.05, 4.69) is 15.6 Å². The Morgan fingerprint density at radius 2 is 1.88 bits per heavy atom. The van der Waals surface area contributed by atoms with E-state index in [1.54, 1.807) is 10.6 Å². The van der Waals surface area contributed by atoms with Crippen LogP contribution in [0.4, 0.5) is 0 Å². The fourth-order valence-electron chi connectivity index (χ4n) is 3.42. The minimum atomic E-state index is -0.256. The van der Waals surface area contributed by atoms with Crippen LogP contribution < -0.4 is 10.6 Å². The van der Waals surface area contributed by atoms with E-state index in [-0.39, 0.29) is 23.7 Å². The molecule has 1 fully saturated rings. The van der Waals surface area contributed by atoms with Gasteiger partial charge in [-0.2, -0.15) is 0 Å². The second kappa shape index (κ2) is 8.34. The van der Waals surface area contributed by atoms with Crippen LogP contribution in [-0.2, 0) is 0 Å². The molecule has 3 rings (SSSR count). The normalized spacial score (nSPS) is 15.8. The molecular formula is C20H28N4O2. The average Bonchev–Trinajstić information content (AvgIpc) is 2.83. The first-order valence-electron chi connectivity index (χ1n) is 9.62. The Kier molecular flexibility index (Phi) is 5.91. The van der Waals surface area contributed by atoms with Gasteiger partial charge in [-0.25, -0.2) is 4.98 Å². The predicted octanol–water partition coefficient (Wildman–Crippen LogP) is 3.17. The zero-order chi connectivity index (χ0) is 18.5. The SMILES string of the molecule is CC(C)CNC(=O)c1nc(C(=O)NC2CCCCCC2)c2ccccn12. The number of amides is 2. The highest BCUT2D eigenvalue weighted by molar-refractivity contribution is 6.02. The van der Waals surface area contributed by atoms with E-state index in [0.29, 0.717) is 23.7 Å². The van der Waals surface area contributed by atoms with Crippen LogP contribution in [0.1, 0.15) is 73.5 Å². The second-order valence-electron chi connectivity index (χ2n) is 7.51. The number of carbonyl (C=O) groups excluding carboxylic acids is 2. The van der Waals surface area contributed by atoms with Crippen LogP contribution in [0.15, 0.2) is 24.4 Å². The highest BCUT2D eigenvalue weighted by atomic mass is 16.2. The number of nitrogens with zero attached hydrogens (tertiary/aromatic N) is 2. The van der Waals surface area contributed by atoms with Gasteiger partial charge >= 0.3 is 0 Å². The van der Waals surface area contributed by atoms with Gasteiger partial charge in [-0.05, 0) is 30.9 Å². The zero-order valence-electron chi connectivity index (χ0n) is 15.6. The molecule has 1 saturated carbocycles. The van der Waals surface area contributed by atoms with E-state index in [4.69, 9.17) is 0 Å². The molecule has 0 aromatic carbocycles. The quantitative estimate of drug-likeness (QED) is 0.808. The number of hydrogen-bond acceptors (Lipinski definition) is 3. The zero-order valence-corrected chi connectivity index (χ0v) is 15.6. The van der Waals surface area contributed by atoms with Gasteiger partial charge in [0.2, 0.25) is 5.82 Å². The average molecular weight is 356 g/mol. The number of hydrogen-bond donors (Lipinski definition) is 2. The molecule has 2 aromatic rings. The fourth-order valence-corrected chi connectivity index (χ4v) is 3.42. The Balaban J connectivity index is 1.83. The summed E-state index contributed by atoms with van der Waals surface area (Å²) >= 11 is 0. The third kappa shape index (κ3) is 4.23. The van der Waals surface area contributed by atoms with Crippen molar-refractivity contribution in [3.63, 3.8) is 0 Å². The van der Waals surface area contributed by atoms with Crippen molar-refractivity contribution in [2.45, 2.75) is 58.4 Å². The van der Waals surface area contributed by atoms with Gasteiger partial charge in [0, 0.05) is 18.8 Å². The molecule has 0 radical (unpaired) electrons. The summed E-state index contributed by atoms with van der Waals surface area (Å²) < 4.78 is 1.69. The third-order valence-corrected chi connectivity index (χ3v) is 4.83. The van der Waals surface area contributed by atoms with Gasteiger partial charge in [0.05, 0.1) is 5.52 Å². The standard InChI is InChI=1S/C20H28N4O2/c1-14(2)13-21-20(26)18-23-17(16-11-7-8-12-24(16)18)19(25)22-15-9-5-3-4-6-10-15/h7-8,11-12,14-15H,3-6,9-10,13H2,1-2H3,(H,21,26)(H,22,25). The Morgan fingerprint density at radius 1 is 1.15 bits per heavy atom. The van der Waals surface area contributed by atoms with Crippen LogP contribution in [0.2, 0.25) is 0 Å². The molecule has 2 heterocycles. The van der Waals surface area contributed by atoms with Crippen LogP contribution in [-0.4, -0.2) is 33.8 Å². The van der Waals surface area contributed by atoms with Crippen molar-refractivity contribution in [3.05, 3.63) is 35.9 Å². The molecule has 1 aliphatic rings. The molecule has 6 heteroatoms. The van der Waals surface area contributed by atoms with Gasteiger partial charge in [0.15, 0.2) is 5.69 Å². The van der Waals surface area contributed by atoms with Crippen molar-refractivity contribution in [2.75, 3.05) is 6.54 Å². The van der Waals surface area contributed by atoms with Crippen molar-refractivity contribution in [1.29, 1.82) is 0 Å². The summed E-state index contributed by atoms with van der Waals surface area (Å²) in [6.07, 6.45) is 8.57. The summed E-state index contributed by atoms with van der Waals surface area (Å²) in [5.74, 6) is 0.160. The van der Waals surface area contributed by atoms with Crippen LogP contribution in [0.25, 0.3) is 5.52 Å². The van der Waals surface area contributed by atoms with Crippen molar-refractivity contribution < 1.29 is 9.59 Å². The number of fused-ring (bicyclic) bond motifs is 1. The van der Waals surface area contributed by atoms with Crippen molar-refractivity contribution in [3.8, 4) is 0 Å². The summed E-state index contributed by atoms with van der Waals surface area (Å²) in [6.45, 7) is 4.65. The topological polar surface area (TPSA) is 75.5 Å². The highest BCUT2D eigenvalue weighted by Crippen LogP contribution is 2.19. The lowest BCUT2D eigenvalue weighted by atomic mass is 10.1. The van der Waals surface area contributed by atoms with Crippen LogP contribution in [0.5, 0.6) is 0 Å². The van der Waals surface area contributed by atoms with E-state index in [9.17, 15) is 9.59 Å². The largest absolute Gasteiger partial charge is 0.349 e. The van der Waals surface area contributed by atoms with E-state index in [1.807, 2.05) is 32.0 Å². The van der Waals surface area contributed by atoms with E-state index in [0.717, 1.165) is 25.7 Å². The highest BCUT2D eigenvalue weighted by Gasteiger charge is 2.23. The number of nitrogens with one attached hydrogen (secondary N) is 2. The fraction of sp³-hybridized carbons (Fsp3) is 0.550. The molecule has 0 spiro atoms. The summed E-state index contributed by atoms with van der Waals surface area (Å²) in [5, 5.41) is 6.00. The third-order valence-electron chi connectivity index (χ3n) is 4.83. The summed E-state index contributed by atoms with van der Waals surface area (Å²) in [7, 11) is 0. The number of pyridine rings is 1. The lowest BCUT2D eigenvalue weighted by Gasteiger charge is -2.15. The first-order chi connectivity index (χ1) is 12.6. The number of aromatic nitrogens is 2. The van der Waals surface area contributed by atoms with Gasteiger partial charge in [-0.1, -0.05) is 45.6 Å². The van der Waals surface area contributed by atoms with Gasteiger partial charge < -0.3 is 10.6 Å². The Hall–Kier alpha value is -2.37. The van der Waals surface area contributed by atoms with E-state index < -0.39 is 0 Å². The lowest BCUT2D eigenvalue weighted by Crippen LogP contribution is -2.34. The molecule has 26 heavy (non-hydrogen) atoms. The van der Waals surface area contributed by atoms with Crippen molar-refractivity contribution >= 4 is 17.3 Å². The summed E-state index contributed by atoms with van der Waals surface area (Å²) in [4.78, 5) is 29.7. The van der Waals surface area contributed by atoms with Gasteiger partial charge in [0.25, 0.3) is 11.8 Å². The minimum Gasteiger partial charge on any atom is -0.349 e. The first kappa shape index (κ1) is 18.4. The monoisotopic (exact) mass is 356 g/mol. The van der Waals surface area contributed by atoms with E-state index in [1.165, 1.54) is 12.8 Å². The molecule has 2 amide bonds. The lowest BCUT2D eigenvalue weighted by molar-refractivity contribution is 0.0930. The molecule has 1 aliphatic carbocycles. The molecule has 2 N–H and O–H groups in total. The maximum absolute atomic E-state index is 12.8. The Bertz CT molecular complexity index is 773. The number of imidazole rings is 1. The Morgan fingerprint density at radius 3 is 2.58 bits per heavy atom. The van der Waals surface area contributed by atoms with Gasteiger partial charge in [-0.15, -0.1) is 0 Å². The molecule has 0 unspecified atom stereocenters. The van der Waals surface area contributed by atoms with Crippen LogP contribution in [0, 0.1) is 5.92 Å². The molecule has 6 nitrogen and oxygen atoms in total. The second-order valence-corrected chi connectivity index (χ2v) is 7.51.